The zero-order valence-corrected chi connectivity index (χ0v) is 13.7. The molecule has 0 amide bonds. The Kier molecular flexibility index (Phi) is 4.37. The summed E-state index contributed by atoms with van der Waals surface area (Å²) in [5, 5.41) is 6.49. The molecule has 0 saturated carbocycles. The molecule has 1 aromatic carbocycles. The summed E-state index contributed by atoms with van der Waals surface area (Å²) in [5.41, 5.74) is 3.17. The monoisotopic (exact) mass is 307 g/mol. The average molecular weight is 307 g/mol. The van der Waals surface area contributed by atoms with Gasteiger partial charge in [0.05, 0.1) is 0 Å². The van der Waals surface area contributed by atoms with Crippen LogP contribution < -0.4 is 10.6 Å². The molecule has 1 heterocycles. The summed E-state index contributed by atoms with van der Waals surface area (Å²) < 4.78 is 0. The average Bonchev–Trinajstić information content (AvgIpc) is 2.46. The third kappa shape index (κ3) is 4.16. The predicted molar refractivity (Wildman–Crippen MR) is 93.7 cm³/mol. The Morgan fingerprint density at radius 2 is 1.83 bits per heavy atom. The molecule has 0 fully saturated rings. The molecular weight excluding hydrogens is 286 g/mol. The molecule has 0 saturated heterocycles. The van der Waals surface area contributed by atoms with Crippen molar-refractivity contribution in [3.8, 4) is 0 Å². The van der Waals surface area contributed by atoms with Gasteiger partial charge < -0.3 is 10.6 Å². The van der Waals surface area contributed by atoms with Gasteiger partial charge in [-0.2, -0.15) is 15.0 Å². The fourth-order valence-electron chi connectivity index (χ4n) is 2.50. The maximum atomic E-state index is 4.46. The molecular formula is C18H21N5. The van der Waals surface area contributed by atoms with Gasteiger partial charge in [0.15, 0.2) is 0 Å². The Labute approximate surface area is 136 Å². The fourth-order valence-corrected chi connectivity index (χ4v) is 2.50. The summed E-state index contributed by atoms with van der Waals surface area (Å²) in [4.78, 5) is 13.2. The largest absolute Gasteiger partial charge is 0.324 e. The second kappa shape index (κ2) is 6.60. The molecule has 1 aromatic heterocycles. The lowest BCUT2D eigenvalue weighted by atomic mass is 10.0. The Morgan fingerprint density at radius 3 is 2.57 bits per heavy atom. The molecule has 1 unspecified atom stereocenters. The van der Waals surface area contributed by atoms with E-state index in [4.69, 9.17) is 0 Å². The second-order valence-corrected chi connectivity index (χ2v) is 5.89. The molecule has 2 N–H and O–H groups in total. The van der Waals surface area contributed by atoms with E-state index in [1.165, 1.54) is 5.56 Å². The van der Waals surface area contributed by atoms with Gasteiger partial charge in [-0.15, -0.1) is 0 Å². The normalized spacial score (nSPS) is 16.8. The zero-order valence-electron chi connectivity index (χ0n) is 13.7. The summed E-state index contributed by atoms with van der Waals surface area (Å²) in [6.07, 6.45) is 7.48. The van der Waals surface area contributed by atoms with E-state index in [-0.39, 0.29) is 0 Å². The van der Waals surface area contributed by atoms with Gasteiger partial charge in [0.1, 0.15) is 5.82 Å². The maximum absolute atomic E-state index is 4.46. The number of aromatic nitrogens is 3. The minimum Gasteiger partial charge on any atom is -0.324 e. The first-order valence-electron chi connectivity index (χ1n) is 7.80. The number of nitrogens with one attached hydrogen (secondary N) is 2. The number of hydrogen-bond acceptors (Lipinski definition) is 5. The first-order chi connectivity index (χ1) is 11.1. The lowest BCUT2D eigenvalue weighted by Crippen LogP contribution is -2.09. The summed E-state index contributed by atoms with van der Waals surface area (Å²) in [7, 11) is 0. The highest BCUT2D eigenvalue weighted by Crippen LogP contribution is 2.19. The van der Waals surface area contributed by atoms with Crippen molar-refractivity contribution in [3.63, 3.8) is 0 Å². The van der Waals surface area contributed by atoms with Crippen molar-refractivity contribution in [2.24, 2.45) is 5.92 Å². The first-order valence-corrected chi connectivity index (χ1v) is 7.80. The number of benzene rings is 1. The smallest absolute Gasteiger partial charge is 0.232 e. The van der Waals surface area contributed by atoms with E-state index < -0.39 is 0 Å². The molecule has 1 aliphatic rings. The summed E-state index contributed by atoms with van der Waals surface area (Å²) in [5.74, 6) is 2.29. The molecule has 1 atom stereocenters. The van der Waals surface area contributed by atoms with Crippen molar-refractivity contribution in [2.75, 3.05) is 10.6 Å². The number of anilines is 3. The third-order valence-corrected chi connectivity index (χ3v) is 3.55. The van der Waals surface area contributed by atoms with Crippen LogP contribution in [0.5, 0.6) is 0 Å². The van der Waals surface area contributed by atoms with Crippen LogP contribution in [-0.2, 0) is 0 Å². The van der Waals surface area contributed by atoms with Gasteiger partial charge in [0.2, 0.25) is 11.9 Å². The van der Waals surface area contributed by atoms with Crippen LogP contribution in [0.1, 0.15) is 24.7 Å². The van der Waals surface area contributed by atoms with Crippen LogP contribution in [0.4, 0.5) is 17.6 Å². The molecule has 0 bridgehead atoms. The van der Waals surface area contributed by atoms with E-state index in [0.717, 1.165) is 17.8 Å². The van der Waals surface area contributed by atoms with Crippen LogP contribution in [0.3, 0.4) is 0 Å². The highest BCUT2D eigenvalue weighted by atomic mass is 15.2. The van der Waals surface area contributed by atoms with Crippen molar-refractivity contribution in [1.29, 1.82) is 0 Å². The van der Waals surface area contributed by atoms with Crippen LogP contribution in [0.2, 0.25) is 0 Å². The van der Waals surface area contributed by atoms with Gasteiger partial charge >= 0.3 is 0 Å². The predicted octanol–water partition coefficient (Wildman–Crippen LogP) is 4.12. The summed E-state index contributed by atoms with van der Waals surface area (Å²) >= 11 is 0. The van der Waals surface area contributed by atoms with Crippen LogP contribution in [0, 0.1) is 19.8 Å². The highest BCUT2D eigenvalue weighted by molar-refractivity contribution is 5.55. The summed E-state index contributed by atoms with van der Waals surface area (Å²) in [6.45, 7) is 6.11. The molecule has 5 heteroatoms. The van der Waals surface area contributed by atoms with E-state index in [1.54, 1.807) is 0 Å². The Balaban J connectivity index is 1.80. The Bertz CT molecular complexity index is 764. The van der Waals surface area contributed by atoms with Crippen LogP contribution in [-0.4, -0.2) is 15.0 Å². The van der Waals surface area contributed by atoms with Gasteiger partial charge in [0, 0.05) is 11.4 Å². The third-order valence-electron chi connectivity index (χ3n) is 3.55. The van der Waals surface area contributed by atoms with Crippen molar-refractivity contribution in [2.45, 2.75) is 27.2 Å². The van der Waals surface area contributed by atoms with Gasteiger partial charge in [-0.05, 0) is 50.0 Å². The molecule has 0 spiro atoms. The van der Waals surface area contributed by atoms with Crippen LogP contribution >= 0.6 is 0 Å². The lowest BCUT2D eigenvalue weighted by molar-refractivity contribution is 0.729. The van der Waals surface area contributed by atoms with Crippen LogP contribution in [0.15, 0.2) is 48.2 Å². The van der Waals surface area contributed by atoms with Crippen molar-refractivity contribution in [3.05, 3.63) is 59.6 Å². The number of hydrogen-bond donors (Lipinski definition) is 2. The topological polar surface area (TPSA) is 62.7 Å². The van der Waals surface area contributed by atoms with E-state index in [9.17, 15) is 0 Å². The second-order valence-electron chi connectivity index (χ2n) is 5.89. The molecule has 23 heavy (non-hydrogen) atoms. The molecule has 2 aromatic rings. The number of allylic oxidation sites excluding steroid dienone is 3. The van der Waals surface area contributed by atoms with Gasteiger partial charge in [0.25, 0.3) is 0 Å². The molecule has 5 nitrogen and oxygen atoms in total. The maximum Gasteiger partial charge on any atom is 0.232 e. The molecule has 0 radical (unpaired) electrons. The standard InChI is InChI=1S/C18H21N5/c1-12-6-4-8-15(10-12)21-17-19-14(3)20-18(23-17)22-16-9-5-7-13(2)11-16/h4-6,8-11,13H,7H2,1-3H3,(H2,19,20,21,22,23). The quantitative estimate of drug-likeness (QED) is 0.889. The zero-order chi connectivity index (χ0) is 16.2. The van der Waals surface area contributed by atoms with Gasteiger partial charge in [-0.1, -0.05) is 31.2 Å². The Morgan fingerprint density at radius 1 is 1.04 bits per heavy atom. The summed E-state index contributed by atoms with van der Waals surface area (Å²) in [6, 6.07) is 8.11. The first kappa shape index (κ1) is 15.2. The van der Waals surface area contributed by atoms with Gasteiger partial charge in [-0.25, -0.2) is 0 Å². The van der Waals surface area contributed by atoms with Gasteiger partial charge in [-0.3, -0.25) is 0 Å². The molecule has 3 rings (SSSR count). The minimum absolute atomic E-state index is 0.523. The van der Waals surface area contributed by atoms with Crippen molar-refractivity contribution >= 4 is 17.6 Å². The van der Waals surface area contributed by atoms with E-state index >= 15 is 0 Å². The molecule has 118 valence electrons. The number of rotatable bonds is 4. The van der Waals surface area contributed by atoms with Crippen molar-refractivity contribution in [1.82, 2.24) is 15.0 Å². The van der Waals surface area contributed by atoms with E-state index in [2.05, 4.69) is 69.8 Å². The fraction of sp³-hybridized carbons (Fsp3) is 0.278. The SMILES string of the molecule is Cc1cccc(Nc2nc(C)nc(NC3=CC(C)CC=C3)n2)c1. The number of aryl methyl sites for hydroxylation is 2. The van der Waals surface area contributed by atoms with Crippen LogP contribution in [0.25, 0.3) is 0 Å². The van der Waals surface area contributed by atoms with E-state index in [1.807, 2.05) is 19.1 Å². The van der Waals surface area contributed by atoms with Crippen molar-refractivity contribution < 1.29 is 0 Å². The van der Waals surface area contributed by atoms with E-state index in [0.29, 0.717) is 23.6 Å². The Hall–Kier alpha value is -2.69. The minimum atomic E-state index is 0.523. The highest BCUT2D eigenvalue weighted by Gasteiger charge is 2.08. The molecule has 0 aliphatic heterocycles. The lowest BCUT2D eigenvalue weighted by Gasteiger charge is -2.14. The molecule has 1 aliphatic carbocycles. The number of nitrogens with zero attached hydrogens (tertiary/aromatic N) is 3.